The molecule has 102 valence electrons. The van der Waals surface area contributed by atoms with Crippen LogP contribution < -0.4 is 10.5 Å². The molecule has 0 amide bonds. The van der Waals surface area contributed by atoms with Crippen LogP contribution in [0.5, 0.6) is 5.75 Å². The van der Waals surface area contributed by atoms with Crippen molar-refractivity contribution in [2.24, 2.45) is 0 Å². The van der Waals surface area contributed by atoms with Gasteiger partial charge in [0, 0.05) is 5.69 Å². The van der Waals surface area contributed by atoms with Gasteiger partial charge in [-0.05, 0) is 42.8 Å². The van der Waals surface area contributed by atoms with E-state index in [1.54, 1.807) is 24.5 Å². The molecule has 2 heterocycles. The summed E-state index contributed by atoms with van der Waals surface area (Å²) in [5, 5.41) is 3.84. The maximum absolute atomic E-state index is 5.69. The van der Waals surface area contributed by atoms with Gasteiger partial charge in [-0.2, -0.15) is 4.98 Å². The molecule has 0 spiro atoms. The average Bonchev–Trinajstić information content (AvgIpc) is 3.08. The number of ether oxygens (including phenoxy) is 1. The third-order valence-electron chi connectivity index (χ3n) is 2.76. The minimum atomic E-state index is 0.217. The fourth-order valence-electron chi connectivity index (χ4n) is 1.79. The maximum atomic E-state index is 5.69. The Bertz CT molecular complexity index is 704. The highest BCUT2D eigenvalue weighted by atomic mass is 16.5. The van der Waals surface area contributed by atoms with Gasteiger partial charge in [0.05, 0.1) is 6.26 Å². The number of aromatic nitrogens is 2. The molecule has 0 aliphatic rings. The molecule has 0 atom stereocenters. The summed E-state index contributed by atoms with van der Waals surface area (Å²) in [5.74, 6) is 2.06. The van der Waals surface area contributed by atoms with E-state index in [0.717, 1.165) is 11.3 Å². The van der Waals surface area contributed by atoms with E-state index in [0.29, 0.717) is 23.2 Å². The Balaban J connectivity index is 1.70. The molecule has 0 aliphatic carbocycles. The molecule has 3 rings (SSSR count). The van der Waals surface area contributed by atoms with Gasteiger partial charge in [0.2, 0.25) is 5.82 Å². The lowest BCUT2D eigenvalue weighted by Crippen LogP contribution is -1.99. The number of hydrogen-bond acceptors (Lipinski definition) is 6. The second-order valence-electron chi connectivity index (χ2n) is 4.31. The number of anilines is 1. The minimum absolute atomic E-state index is 0.217. The van der Waals surface area contributed by atoms with Gasteiger partial charge in [-0.25, -0.2) is 0 Å². The van der Waals surface area contributed by atoms with Crippen LogP contribution >= 0.6 is 0 Å². The van der Waals surface area contributed by atoms with Crippen LogP contribution in [0.2, 0.25) is 0 Å². The van der Waals surface area contributed by atoms with Gasteiger partial charge in [0.15, 0.2) is 12.4 Å². The number of benzene rings is 1. The molecule has 0 radical (unpaired) electrons. The monoisotopic (exact) mass is 271 g/mol. The van der Waals surface area contributed by atoms with E-state index < -0.39 is 0 Å². The summed E-state index contributed by atoms with van der Waals surface area (Å²) in [6.07, 6.45) is 1.55. The first-order valence-corrected chi connectivity index (χ1v) is 6.08. The van der Waals surface area contributed by atoms with Crippen LogP contribution in [0.3, 0.4) is 0 Å². The van der Waals surface area contributed by atoms with Crippen molar-refractivity contribution in [1.29, 1.82) is 0 Å². The Labute approximate surface area is 115 Å². The number of hydrogen-bond donors (Lipinski definition) is 1. The molecular formula is C14H13N3O3. The normalized spacial score (nSPS) is 10.7. The Morgan fingerprint density at radius 2 is 2.20 bits per heavy atom. The summed E-state index contributed by atoms with van der Waals surface area (Å²) in [5.41, 5.74) is 7.35. The first-order chi connectivity index (χ1) is 9.72. The summed E-state index contributed by atoms with van der Waals surface area (Å²) in [4.78, 5) is 4.19. The van der Waals surface area contributed by atoms with Crippen LogP contribution in [0.4, 0.5) is 5.69 Å². The summed E-state index contributed by atoms with van der Waals surface area (Å²) in [6, 6.07) is 8.96. The molecule has 0 saturated heterocycles. The third kappa shape index (κ3) is 2.49. The molecule has 20 heavy (non-hydrogen) atoms. The van der Waals surface area contributed by atoms with E-state index in [1.807, 2.05) is 19.1 Å². The zero-order chi connectivity index (χ0) is 13.9. The fourth-order valence-corrected chi connectivity index (χ4v) is 1.79. The van der Waals surface area contributed by atoms with E-state index in [2.05, 4.69) is 10.1 Å². The average molecular weight is 271 g/mol. The fraction of sp³-hybridized carbons (Fsp3) is 0.143. The quantitative estimate of drug-likeness (QED) is 0.734. The maximum Gasteiger partial charge on any atom is 0.293 e. The summed E-state index contributed by atoms with van der Waals surface area (Å²) >= 11 is 0. The Kier molecular flexibility index (Phi) is 3.12. The topological polar surface area (TPSA) is 87.3 Å². The van der Waals surface area contributed by atoms with E-state index in [4.69, 9.17) is 19.4 Å². The van der Waals surface area contributed by atoms with Crippen molar-refractivity contribution in [2.75, 3.05) is 5.73 Å². The lowest BCUT2D eigenvalue weighted by atomic mass is 10.2. The van der Waals surface area contributed by atoms with Gasteiger partial charge < -0.3 is 19.4 Å². The van der Waals surface area contributed by atoms with Crippen LogP contribution in [-0.4, -0.2) is 10.1 Å². The predicted octanol–water partition coefficient (Wildman–Crippen LogP) is 2.80. The van der Waals surface area contributed by atoms with Crippen molar-refractivity contribution < 1.29 is 13.7 Å². The number of rotatable bonds is 4. The van der Waals surface area contributed by atoms with Crippen LogP contribution in [0.25, 0.3) is 11.7 Å². The Morgan fingerprint density at radius 3 is 2.95 bits per heavy atom. The highest BCUT2D eigenvalue weighted by Gasteiger charge is 2.11. The SMILES string of the molecule is Cc1cc(N)ccc1OCc1noc(-c2ccco2)n1. The van der Waals surface area contributed by atoms with Crippen LogP contribution in [-0.2, 0) is 6.61 Å². The summed E-state index contributed by atoms with van der Waals surface area (Å²) in [6.45, 7) is 2.14. The van der Waals surface area contributed by atoms with E-state index in [-0.39, 0.29) is 6.61 Å². The third-order valence-corrected chi connectivity index (χ3v) is 2.76. The molecule has 2 N–H and O–H groups in total. The highest BCUT2D eigenvalue weighted by Crippen LogP contribution is 2.22. The first kappa shape index (κ1) is 12.3. The number of aryl methyl sites for hydroxylation is 1. The first-order valence-electron chi connectivity index (χ1n) is 6.08. The van der Waals surface area contributed by atoms with Gasteiger partial charge in [0.1, 0.15) is 5.75 Å². The molecule has 2 aromatic heterocycles. The van der Waals surface area contributed by atoms with Crippen molar-refractivity contribution in [2.45, 2.75) is 13.5 Å². The number of furan rings is 1. The zero-order valence-electron chi connectivity index (χ0n) is 10.9. The van der Waals surface area contributed by atoms with Gasteiger partial charge in [0.25, 0.3) is 5.89 Å². The van der Waals surface area contributed by atoms with Gasteiger partial charge in [-0.3, -0.25) is 0 Å². The number of nitrogens with zero attached hydrogens (tertiary/aromatic N) is 2. The van der Waals surface area contributed by atoms with Gasteiger partial charge >= 0.3 is 0 Å². The van der Waals surface area contributed by atoms with Gasteiger partial charge in [-0.15, -0.1) is 0 Å². The van der Waals surface area contributed by atoms with Crippen molar-refractivity contribution in [3.05, 3.63) is 48.0 Å². The summed E-state index contributed by atoms with van der Waals surface area (Å²) in [7, 11) is 0. The molecule has 6 nitrogen and oxygen atoms in total. The van der Waals surface area contributed by atoms with Crippen molar-refractivity contribution in [3.8, 4) is 17.4 Å². The lowest BCUT2D eigenvalue weighted by Gasteiger charge is -2.07. The molecule has 6 heteroatoms. The summed E-state index contributed by atoms with van der Waals surface area (Å²) < 4.78 is 15.9. The molecule has 0 aliphatic heterocycles. The molecule has 0 unspecified atom stereocenters. The molecule has 1 aromatic carbocycles. The molecule has 0 bridgehead atoms. The Morgan fingerprint density at radius 1 is 1.30 bits per heavy atom. The second kappa shape index (κ2) is 5.08. The molecule has 3 aromatic rings. The van der Waals surface area contributed by atoms with Crippen LogP contribution in [0.1, 0.15) is 11.4 Å². The van der Waals surface area contributed by atoms with E-state index in [1.165, 1.54) is 0 Å². The zero-order valence-corrected chi connectivity index (χ0v) is 10.9. The second-order valence-corrected chi connectivity index (χ2v) is 4.31. The molecule has 0 fully saturated rings. The smallest absolute Gasteiger partial charge is 0.293 e. The predicted molar refractivity (Wildman–Crippen MR) is 71.9 cm³/mol. The lowest BCUT2D eigenvalue weighted by molar-refractivity contribution is 0.285. The van der Waals surface area contributed by atoms with Crippen LogP contribution in [0.15, 0.2) is 45.5 Å². The standard InChI is InChI=1S/C14H13N3O3/c1-9-7-10(15)4-5-11(9)19-8-13-16-14(20-17-13)12-3-2-6-18-12/h2-7H,8,15H2,1H3. The number of nitrogens with two attached hydrogens (primary N) is 1. The van der Waals surface area contributed by atoms with Crippen molar-refractivity contribution >= 4 is 5.69 Å². The minimum Gasteiger partial charge on any atom is -0.485 e. The van der Waals surface area contributed by atoms with Crippen LogP contribution in [0, 0.1) is 6.92 Å². The van der Waals surface area contributed by atoms with E-state index >= 15 is 0 Å². The molecular weight excluding hydrogens is 258 g/mol. The van der Waals surface area contributed by atoms with Crippen molar-refractivity contribution in [3.63, 3.8) is 0 Å². The highest BCUT2D eigenvalue weighted by molar-refractivity contribution is 5.47. The Hall–Kier alpha value is -2.76. The number of nitrogen functional groups attached to an aromatic ring is 1. The largest absolute Gasteiger partial charge is 0.485 e. The molecule has 0 saturated carbocycles. The van der Waals surface area contributed by atoms with E-state index in [9.17, 15) is 0 Å². The van der Waals surface area contributed by atoms with Gasteiger partial charge in [-0.1, -0.05) is 5.16 Å². The van der Waals surface area contributed by atoms with Crippen molar-refractivity contribution in [1.82, 2.24) is 10.1 Å².